The first-order valence-corrected chi connectivity index (χ1v) is 4.70. The molecule has 1 N–H and O–H groups in total. The summed E-state index contributed by atoms with van der Waals surface area (Å²) in [6, 6.07) is 7.24. The first kappa shape index (κ1) is 9.58. The highest BCUT2D eigenvalue weighted by Crippen LogP contribution is 2.04. The summed E-state index contributed by atoms with van der Waals surface area (Å²) < 4.78 is 5.06. The smallest absolute Gasteiger partial charge is 0.311 e. The van der Waals surface area contributed by atoms with E-state index in [0.29, 0.717) is 17.0 Å². The van der Waals surface area contributed by atoms with Crippen molar-refractivity contribution in [2.45, 2.75) is 13.3 Å². The maximum absolute atomic E-state index is 11.1. The van der Waals surface area contributed by atoms with Gasteiger partial charge in [0, 0.05) is 11.6 Å². The van der Waals surface area contributed by atoms with E-state index in [4.69, 9.17) is 10.1 Å². The van der Waals surface area contributed by atoms with Gasteiger partial charge in [-0.2, -0.15) is 0 Å². The van der Waals surface area contributed by atoms with E-state index in [1.165, 1.54) is 0 Å². The highest BCUT2D eigenvalue weighted by atomic mass is 16.5. The molecule has 76 valence electrons. The number of carbonyl (C=O) groups excluding carboxylic acids is 1. The Morgan fingerprint density at radius 1 is 1.47 bits per heavy atom. The molecule has 1 aromatic carbocycles. The molecule has 15 heavy (non-hydrogen) atoms. The Morgan fingerprint density at radius 3 is 2.93 bits per heavy atom. The van der Waals surface area contributed by atoms with Crippen molar-refractivity contribution < 1.29 is 9.53 Å². The van der Waals surface area contributed by atoms with Gasteiger partial charge in [-0.05, 0) is 12.1 Å². The van der Waals surface area contributed by atoms with Gasteiger partial charge in [-0.25, -0.2) is 4.99 Å². The standard InChI is InChI=1S/C11H10N2O2/c1-2-9(14)15-10-7-5-3-4-6-8(7)13-11(10)12/h3-6,12H,2H2,1H3. The predicted octanol–water partition coefficient (Wildman–Crippen LogP) is 0.358. The van der Waals surface area contributed by atoms with Gasteiger partial charge in [0.05, 0.1) is 5.36 Å². The monoisotopic (exact) mass is 202 g/mol. The van der Waals surface area contributed by atoms with Gasteiger partial charge >= 0.3 is 5.97 Å². The van der Waals surface area contributed by atoms with Gasteiger partial charge in [-0.1, -0.05) is 19.1 Å². The van der Waals surface area contributed by atoms with Crippen LogP contribution in [0.25, 0.3) is 5.76 Å². The second-order valence-corrected chi connectivity index (χ2v) is 3.13. The van der Waals surface area contributed by atoms with Crippen LogP contribution >= 0.6 is 0 Å². The lowest BCUT2D eigenvalue weighted by Gasteiger charge is -2.01. The third kappa shape index (κ3) is 1.66. The average Bonchev–Trinajstić information content (AvgIpc) is 2.55. The molecule has 0 aromatic heterocycles. The molecular formula is C11H10N2O2. The minimum Gasteiger partial charge on any atom is -0.422 e. The highest BCUT2D eigenvalue weighted by Gasteiger charge is 2.16. The normalized spacial score (nSPS) is 13.4. The topological polar surface area (TPSA) is 62.5 Å². The molecule has 0 saturated heterocycles. The molecule has 2 rings (SSSR count). The molecule has 0 atom stereocenters. The third-order valence-electron chi connectivity index (χ3n) is 2.10. The van der Waals surface area contributed by atoms with Crippen molar-refractivity contribution in [3.8, 4) is 0 Å². The van der Waals surface area contributed by atoms with Crippen LogP contribution in [0.3, 0.4) is 0 Å². The Labute approximate surface area is 86.4 Å². The number of nitrogens with one attached hydrogen (secondary N) is 1. The number of esters is 1. The average molecular weight is 202 g/mol. The van der Waals surface area contributed by atoms with Gasteiger partial charge in [0.15, 0.2) is 11.6 Å². The van der Waals surface area contributed by atoms with Crippen LogP contribution in [-0.4, -0.2) is 11.8 Å². The largest absolute Gasteiger partial charge is 0.422 e. The molecule has 0 spiro atoms. The summed E-state index contributed by atoms with van der Waals surface area (Å²) in [5.74, 6) is -0.0721. The van der Waals surface area contributed by atoms with Crippen molar-refractivity contribution in [2.24, 2.45) is 4.99 Å². The van der Waals surface area contributed by atoms with Crippen LogP contribution in [-0.2, 0) is 9.53 Å². The molecule has 0 bridgehead atoms. The van der Waals surface area contributed by atoms with Crippen molar-refractivity contribution >= 4 is 17.6 Å². The van der Waals surface area contributed by atoms with Crippen LogP contribution in [0.15, 0.2) is 29.3 Å². The van der Waals surface area contributed by atoms with E-state index in [9.17, 15) is 4.79 Å². The fourth-order valence-electron chi connectivity index (χ4n) is 1.35. The Bertz CT molecular complexity index is 546. The number of rotatable bonds is 2. The van der Waals surface area contributed by atoms with E-state index >= 15 is 0 Å². The second kappa shape index (κ2) is 3.65. The van der Waals surface area contributed by atoms with Gasteiger partial charge < -0.3 is 4.74 Å². The third-order valence-corrected chi connectivity index (χ3v) is 2.10. The number of amidine groups is 1. The predicted molar refractivity (Wildman–Crippen MR) is 54.7 cm³/mol. The number of nitrogens with zero attached hydrogens (tertiary/aromatic N) is 1. The lowest BCUT2D eigenvalue weighted by atomic mass is 10.3. The zero-order valence-electron chi connectivity index (χ0n) is 8.28. The summed E-state index contributed by atoms with van der Waals surface area (Å²) in [4.78, 5) is 15.1. The Hall–Kier alpha value is -1.97. The number of carbonyl (C=O) groups is 1. The van der Waals surface area contributed by atoms with Crippen molar-refractivity contribution in [1.82, 2.24) is 0 Å². The van der Waals surface area contributed by atoms with Crippen LogP contribution < -0.4 is 10.6 Å². The van der Waals surface area contributed by atoms with Crippen LogP contribution in [0.2, 0.25) is 0 Å². The van der Waals surface area contributed by atoms with Gasteiger partial charge in [0.25, 0.3) is 0 Å². The molecule has 4 heteroatoms. The van der Waals surface area contributed by atoms with Crippen molar-refractivity contribution in [1.29, 1.82) is 5.41 Å². The Morgan fingerprint density at radius 2 is 2.20 bits per heavy atom. The van der Waals surface area contributed by atoms with E-state index in [0.717, 1.165) is 0 Å². The summed E-state index contributed by atoms with van der Waals surface area (Å²) in [6.45, 7) is 1.71. The number of benzene rings is 1. The molecule has 0 fully saturated rings. The summed E-state index contributed by atoms with van der Waals surface area (Å²) in [5, 5.41) is 8.97. The minimum absolute atomic E-state index is 0.0120. The zero-order chi connectivity index (χ0) is 10.8. The molecule has 1 aliphatic rings. The lowest BCUT2D eigenvalue weighted by molar-refractivity contribution is -0.136. The number of fused-ring (bicyclic) bond motifs is 1. The molecule has 0 radical (unpaired) electrons. The number of hydrogen-bond donors (Lipinski definition) is 1. The van der Waals surface area contributed by atoms with E-state index in [-0.39, 0.29) is 17.6 Å². The molecule has 1 heterocycles. The number of ether oxygens (including phenoxy) is 1. The first-order chi connectivity index (χ1) is 7.22. The van der Waals surface area contributed by atoms with Gasteiger partial charge in [-0.15, -0.1) is 0 Å². The molecule has 1 aliphatic heterocycles. The molecular weight excluding hydrogens is 192 g/mol. The van der Waals surface area contributed by atoms with Crippen molar-refractivity contribution in [2.75, 3.05) is 0 Å². The SMILES string of the molecule is CCC(=O)OC1=c2ccccc2=NC1=N. The fourth-order valence-corrected chi connectivity index (χ4v) is 1.35. The van der Waals surface area contributed by atoms with Crippen molar-refractivity contribution in [3.63, 3.8) is 0 Å². The Balaban J connectivity index is 2.53. The van der Waals surface area contributed by atoms with E-state index in [1.54, 1.807) is 19.1 Å². The van der Waals surface area contributed by atoms with E-state index in [2.05, 4.69) is 4.99 Å². The highest BCUT2D eigenvalue weighted by molar-refractivity contribution is 6.16. The van der Waals surface area contributed by atoms with Crippen LogP contribution in [0.5, 0.6) is 0 Å². The summed E-state index contributed by atoms with van der Waals surface area (Å²) in [7, 11) is 0. The molecule has 4 nitrogen and oxygen atoms in total. The minimum atomic E-state index is -0.346. The second-order valence-electron chi connectivity index (χ2n) is 3.13. The maximum atomic E-state index is 11.1. The molecule has 1 aromatic rings. The number of para-hydroxylation sites is 1. The molecule has 0 amide bonds. The molecule has 0 aliphatic carbocycles. The quantitative estimate of drug-likeness (QED) is 0.704. The summed E-state index contributed by atoms with van der Waals surface area (Å²) >= 11 is 0. The lowest BCUT2D eigenvalue weighted by Crippen LogP contribution is -2.23. The van der Waals surface area contributed by atoms with Crippen LogP contribution in [0, 0.1) is 5.41 Å². The maximum Gasteiger partial charge on any atom is 0.311 e. The first-order valence-electron chi connectivity index (χ1n) is 4.70. The summed E-state index contributed by atoms with van der Waals surface area (Å²) in [6.07, 6.45) is 0.291. The van der Waals surface area contributed by atoms with Crippen LogP contribution in [0.4, 0.5) is 0 Å². The van der Waals surface area contributed by atoms with Gasteiger partial charge in [-0.3, -0.25) is 10.2 Å². The molecule has 0 saturated carbocycles. The summed E-state index contributed by atoms with van der Waals surface area (Å²) in [5.41, 5.74) is 0. The molecule has 0 unspecified atom stereocenters. The Kier molecular flexibility index (Phi) is 2.33. The fraction of sp³-hybridized carbons (Fsp3) is 0.182. The van der Waals surface area contributed by atoms with Gasteiger partial charge in [0.1, 0.15) is 0 Å². The van der Waals surface area contributed by atoms with Crippen LogP contribution in [0.1, 0.15) is 13.3 Å². The van der Waals surface area contributed by atoms with Gasteiger partial charge in [0.2, 0.25) is 0 Å². The zero-order valence-corrected chi connectivity index (χ0v) is 8.28. The van der Waals surface area contributed by atoms with Crippen molar-refractivity contribution in [3.05, 3.63) is 34.8 Å². The number of hydrogen-bond acceptors (Lipinski definition) is 3. The van der Waals surface area contributed by atoms with E-state index < -0.39 is 0 Å². The van der Waals surface area contributed by atoms with E-state index in [1.807, 2.05) is 12.1 Å².